The van der Waals surface area contributed by atoms with Crippen LogP contribution in [-0.4, -0.2) is 23.8 Å². The zero-order valence-electron chi connectivity index (χ0n) is 10.6. The molecule has 94 valence electrons. The molecule has 0 bridgehead atoms. The van der Waals surface area contributed by atoms with E-state index in [1.54, 1.807) is 0 Å². The third-order valence-electron chi connectivity index (χ3n) is 4.28. The second kappa shape index (κ2) is 6.02. The topological polar surface area (TPSA) is 32.3 Å². The van der Waals surface area contributed by atoms with Crippen LogP contribution in [0.5, 0.6) is 0 Å². The molecule has 0 amide bonds. The van der Waals surface area contributed by atoms with Crippen LogP contribution in [0, 0.1) is 11.8 Å². The number of hydrogen-bond donors (Lipinski definition) is 2. The number of hydrogen-bond acceptors (Lipinski definition) is 2. The second-order valence-corrected chi connectivity index (χ2v) is 5.93. The predicted octanol–water partition coefficient (Wildman–Crippen LogP) is 2.71. The van der Waals surface area contributed by atoms with Crippen molar-refractivity contribution < 1.29 is 5.11 Å². The maximum absolute atomic E-state index is 9.45. The monoisotopic (exact) mass is 225 g/mol. The molecular weight excluding hydrogens is 198 g/mol. The van der Waals surface area contributed by atoms with Crippen molar-refractivity contribution in [2.24, 2.45) is 11.8 Å². The summed E-state index contributed by atoms with van der Waals surface area (Å²) in [4.78, 5) is 0. The molecule has 2 fully saturated rings. The zero-order valence-corrected chi connectivity index (χ0v) is 10.6. The molecule has 2 aliphatic carbocycles. The van der Waals surface area contributed by atoms with E-state index < -0.39 is 0 Å². The summed E-state index contributed by atoms with van der Waals surface area (Å²) in [6.07, 6.45) is 10.7. The van der Waals surface area contributed by atoms with E-state index in [1.165, 1.54) is 51.4 Å². The van der Waals surface area contributed by atoms with Crippen LogP contribution >= 0.6 is 0 Å². The second-order valence-electron chi connectivity index (χ2n) is 5.93. The molecule has 2 rings (SSSR count). The van der Waals surface area contributed by atoms with E-state index in [1.807, 2.05) is 0 Å². The Hall–Kier alpha value is -0.0800. The van der Waals surface area contributed by atoms with Crippen molar-refractivity contribution in [3.05, 3.63) is 0 Å². The van der Waals surface area contributed by atoms with Crippen LogP contribution in [0.15, 0.2) is 0 Å². The van der Waals surface area contributed by atoms with Crippen LogP contribution in [0.4, 0.5) is 0 Å². The molecular formula is C14H27NO. The molecule has 0 aromatic carbocycles. The first-order valence-electron chi connectivity index (χ1n) is 7.16. The van der Waals surface area contributed by atoms with E-state index in [2.05, 4.69) is 12.2 Å². The first kappa shape index (κ1) is 12.4. The summed E-state index contributed by atoms with van der Waals surface area (Å²) >= 11 is 0. The van der Waals surface area contributed by atoms with Crippen molar-refractivity contribution in [1.29, 1.82) is 0 Å². The third-order valence-corrected chi connectivity index (χ3v) is 4.28. The van der Waals surface area contributed by atoms with Gasteiger partial charge in [0.1, 0.15) is 0 Å². The Labute approximate surface area is 99.8 Å². The number of aliphatic hydroxyl groups excluding tert-OH is 1. The highest BCUT2D eigenvalue weighted by Crippen LogP contribution is 2.34. The van der Waals surface area contributed by atoms with Crippen molar-refractivity contribution >= 4 is 0 Å². The molecule has 0 aromatic heterocycles. The quantitative estimate of drug-likeness (QED) is 0.705. The van der Waals surface area contributed by atoms with Crippen LogP contribution in [0.25, 0.3) is 0 Å². The summed E-state index contributed by atoms with van der Waals surface area (Å²) in [6, 6.07) is 1.21. The lowest BCUT2D eigenvalue weighted by molar-refractivity contribution is 0.174. The molecule has 0 aromatic rings. The van der Waals surface area contributed by atoms with Gasteiger partial charge in [-0.15, -0.1) is 0 Å². The fourth-order valence-electron chi connectivity index (χ4n) is 3.11. The van der Waals surface area contributed by atoms with Gasteiger partial charge in [-0.3, -0.25) is 0 Å². The van der Waals surface area contributed by atoms with Crippen LogP contribution in [0.2, 0.25) is 0 Å². The molecule has 2 saturated carbocycles. The zero-order chi connectivity index (χ0) is 11.4. The Bertz CT molecular complexity index is 203. The Morgan fingerprint density at radius 2 is 1.88 bits per heavy atom. The van der Waals surface area contributed by atoms with Gasteiger partial charge < -0.3 is 10.4 Å². The lowest BCUT2D eigenvalue weighted by atomic mass is 9.94. The molecule has 2 heteroatoms. The summed E-state index contributed by atoms with van der Waals surface area (Å²) in [6.45, 7) is 2.69. The van der Waals surface area contributed by atoms with E-state index in [0.29, 0.717) is 24.6 Å². The standard InChI is InChI=1S/C14H27NO/c1-11(9-12-7-8-12)15-14-6-4-2-3-5-13(14)10-16/h11-16H,2-10H2,1H3. The highest BCUT2D eigenvalue weighted by Gasteiger charge is 2.27. The van der Waals surface area contributed by atoms with Gasteiger partial charge in [0.25, 0.3) is 0 Å². The molecule has 2 aliphatic rings. The van der Waals surface area contributed by atoms with Crippen LogP contribution in [0.1, 0.15) is 58.3 Å². The van der Waals surface area contributed by atoms with Gasteiger partial charge in [0.15, 0.2) is 0 Å². The number of rotatable bonds is 5. The smallest absolute Gasteiger partial charge is 0.0474 e. The Morgan fingerprint density at radius 1 is 1.12 bits per heavy atom. The van der Waals surface area contributed by atoms with Crippen molar-refractivity contribution in [1.82, 2.24) is 5.32 Å². The SMILES string of the molecule is CC(CC1CC1)NC1CCCCCC1CO. The van der Waals surface area contributed by atoms with Crippen LogP contribution < -0.4 is 5.32 Å². The number of nitrogens with one attached hydrogen (secondary N) is 1. The minimum atomic E-state index is 0.369. The molecule has 16 heavy (non-hydrogen) atoms. The summed E-state index contributed by atoms with van der Waals surface area (Å²) in [5, 5.41) is 13.2. The third kappa shape index (κ3) is 3.74. The summed E-state index contributed by atoms with van der Waals surface area (Å²) in [7, 11) is 0. The average molecular weight is 225 g/mol. The van der Waals surface area contributed by atoms with Gasteiger partial charge in [0.2, 0.25) is 0 Å². The van der Waals surface area contributed by atoms with Gasteiger partial charge in [-0.05, 0) is 38.0 Å². The van der Waals surface area contributed by atoms with E-state index in [4.69, 9.17) is 0 Å². The summed E-state index contributed by atoms with van der Waals surface area (Å²) in [5.74, 6) is 1.50. The van der Waals surface area contributed by atoms with Gasteiger partial charge in [0, 0.05) is 18.7 Å². The van der Waals surface area contributed by atoms with Gasteiger partial charge >= 0.3 is 0 Å². The van der Waals surface area contributed by atoms with Gasteiger partial charge in [-0.2, -0.15) is 0 Å². The van der Waals surface area contributed by atoms with E-state index in [9.17, 15) is 5.11 Å². The van der Waals surface area contributed by atoms with Crippen molar-refractivity contribution in [2.75, 3.05) is 6.61 Å². The Kier molecular flexibility index (Phi) is 4.66. The maximum atomic E-state index is 9.45. The van der Waals surface area contributed by atoms with Crippen LogP contribution in [-0.2, 0) is 0 Å². The van der Waals surface area contributed by atoms with Crippen molar-refractivity contribution in [3.8, 4) is 0 Å². The van der Waals surface area contributed by atoms with Crippen molar-refractivity contribution in [2.45, 2.75) is 70.4 Å². The maximum Gasteiger partial charge on any atom is 0.0474 e. The highest BCUT2D eigenvalue weighted by molar-refractivity contribution is 4.84. The molecule has 2 nitrogen and oxygen atoms in total. The molecule has 0 aliphatic heterocycles. The lowest BCUT2D eigenvalue weighted by Crippen LogP contribution is -2.42. The minimum absolute atomic E-state index is 0.369. The molecule has 0 spiro atoms. The van der Waals surface area contributed by atoms with Gasteiger partial charge in [0.05, 0.1) is 0 Å². The predicted molar refractivity (Wildman–Crippen MR) is 67.4 cm³/mol. The summed E-state index contributed by atoms with van der Waals surface area (Å²) in [5.41, 5.74) is 0. The van der Waals surface area contributed by atoms with Gasteiger partial charge in [-0.25, -0.2) is 0 Å². The van der Waals surface area contributed by atoms with E-state index >= 15 is 0 Å². The van der Waals surface area contributed by atoms with Crippen LogP contribution in [0.3, 0.4) is 0 Å². The lowest BCUT2D eigenvalue weighted by Gasteiger charge is -2.28. The normalized spacial score (nSPS) is 33.4. The fourth-order valence-corrected chi connectivity index (χ4v) is 3.11. The Morgan fingerprint density at radius 3 is 2.56 bits per heavy atom. The molecule has 3 atom stereocenters. The average Bonchev–Trinajstić information content (AvgIpc) is 3.06. The number of aliphatic hydroxyl groups is 1. The summed E-state index contributed by atoms with van der Waals surface area (Å²) < 4.78 is 0. The van der Waals surface area contributed by atoms with Crippen molar-refractivity contribution in [3.63, 3.8) is 0 Å². The highest BCUT2D eigenvalue weighted by atomic mass is 16.3. The molecule has 3 unspecified atom stereocenters. The van der Waals surface area contributed by atoms with E-state index in [-0.39, 0.29) is 0 Å². The fraction of sp³-hybridized carbons (Fsp3) is 1.00. The molecule has 0 saturated heterocycles. The minimum Gasteiger partial charge on any atom is -0.396 e. The largest absolute Gasteiger partial charge is 0.396 e. The van der Waals surface area contributed by atoms with E-state index in [0.717, 1.165) is 5.92 Å². The molecule has 2 N–H and O–H groups in total. The molecule has 0 heterocycles. The first-order chi connectivity index (χ1) is 7.79. The van der Waals surface area contributed by atoms with Gasteiger partial charge in [-0.1, -0.05) is 32.1 Å². The molecule has 0 radical (unpaired) electrons. The Balaban J connectivity index is 1.78. The first-order valence-corrected chi connectivity index (χ1v) is 7.16.